The second-order valence-corrected chi connectivity index (χ2v) is 6.69. The van der Waals surface area contributed by atoms with Gasteiger partial charge in [0, 0.05) is 31.5 Å². The zero-order valence-corrected chi connectivity index (χ0v) is 14.6. The van der Waals surface area contributed by atoms with Crippen LogP contribution in [-0.4, -0.2) is 33.4 Å². The summed E-state index contributed by atoms with van der Waals surface area (Å²) in [4.78, 5) is 10.5. The first-order valence-corrected chi connectivity index (χ1v) is 8.47. The van der Waals surface area contributed by atoms with E-state index in [0.717, 1.165) is 22.7 Å². The quantitative estimate of drug-likeness (QED) is 0.750. The van der Waals surface area contributed by atoms with Crippen molar-refractivity contribution < 1.29 is 4.74 Å². The number of fused-ring (bicyclic) bond motifs is 1. The summed E-state index contributed by atoms with van der Waals surface area (Å²) in [6.07, 6.45) is 1.80. The van der Waals surface area contributed by atoms with Crippen LogP contribution in [0.4, 0.5) is 5.82 Å². The number of rotatable bonds is 6. The molecule has 0 amide bonds. The zero-order valence-electron chi connectivity index (χ0n) is 13.8. The van der Waals surface area contributed by atoms with Crippen molar-refractivity contribution in [2.45, 2.75) is 25.9 Å². The minimum Gasteiger partial charge on any atom is -0.374 e. The van der Waals surface area contributed by atoms with Gasteiger partial charge in [-0.1, -0.05) is 19.9 Å². The number of methoxy groups -OCH3 is 1. The average Bonchev–Trinajstić information content (AvgIpc) is 3.18. The maximum Gasteiger partial charge on any atom is 0.163 e. The van der Waals surface area contributed by atoms with Crippen LogP contribution < -0.4 is 5.32 Å². The molecule has 0 aliphatic rings. The van der Waals surface area contributed by atoms with Gasteiger partial charge in [-0.05, 0) is 11.4 Å². The Morgan fingerprint density at radius 1 is 1.35 bits per heavy atom. The molecule has 1 unspecified atom stereocenters. The second-order valence-electron chi connectivity index (χ2n) is 5.71. The lowest BCUT2D eigenvalue weighted by molar-refractivity contribution is 0.117. The number of anilines is 1. The molecular weight excluding hydrogens is 310 g/mol. The monoisotopic (exact) mass is 331 g/mol. The second kappa shape index (κ2) is 6.64. The molecular formula is C16H21N5OS. The highest BCUT2D eigenvalue weighted by molar-refractivity contribution is 7.10. The van der Waals surface area contributed by atoms with Crippen molar-refractivity contribution in [3.8, 4) is 0 Å². The predicted molar refractivity (Wildman–Crippen MR) is 93.0 cm³/mol. The third kappa shape index (κ3) is 3.20. The van der Waals surface area contributed by atoms with Gasteiger partial charge in [0.15, 0.2) is 5.65 Å². The van der Waals surface area contributed by atoms with Gasteiger partial charge in [-0.2, -0.15) is 5.10 Å². The Morgan fingerprint density at radius 3 is 2.83 bits per heavy atom. The minimum atomic E-state index is -0.000753. The van der Waals surface area contributed by atoms with Gasteiger partial charge in [-0.3, -0.25) is 4.68 Å². The van der Waals surface area contributed by atoms with Gasteiger partial charge in [0.1, 0.15) is 17.7 Å². The molecule has 3 aromatic rings. The van der Waals surface area contributed by atoms with E-state index >= 15 is 0 Å². The molecule has 7 heteroatoms. The van der Waals surface area contributed by atoms with Crippen molar-refractivity contribution in [2.24, 2.45) is 7.05 Å². The normalized spacial score (nSPS) is 12.9. The van der Waals surface area contributed by atoms with Gasteiger partial charge in [-0.25, -0.2) is 9.97 Å². The lowest BCUT2D eigenvalue weighted by Crippen LogP contribution is -2.15. The van der Waals surface area contributed by atoms with Gasteiger partial charge < -0.3 is 10.1 Å². The van der Waals surface area contributed by atoms with Crippen molar-refractivity contribution in [3.63, 3.8) is 0 Å². The molecule has 6 nitrogen and oxygen atoms in total. The van der Waals surface area contributed by atoms with Crippen molar-refractivity contribution in [2.75, 3.05) is 19.0 Å². The molecule has 0 spiro atoms. The van der Waals surface area contributed by atoms with Gasteiger partial charge >= 0.3 is 0 Å². The summed E-state index contributed by atoms with van der Waals surface area (Å²) in [6, 6.07) is 4.12. The third-order valence-corrected chi connectivity index (χ3v) is 4.69. The fraction of sp³-hybridized carbons (Fsp3) is 0.438. The van der Waals surface area contributed by atoms with Crippen LogP contribution in [0.2, 0.25) is 0 Å². The Labute approximate surface area is 139 Å². The highest BCUT2D eigenvalue weighted by Crippen LogP contribution is 2.25. The van der Waals surface area contributed by atoms with Gasteiger partial charge in [0.05, 0.1) is 11.6 Å². The standard InChI is InChI=1S/C16H21N5OS/c1-10(2)14-19-15(11-8-18-21(3)16(11)20-14)17-9-12(22-4)13-6-5-7-23-13/h5-8,10,12H,9H2,1-4H3,(H,17,19,20). The first kappa shape index (κ1) is 15.9. The summed E-state index contributed by atoms with van der Waals surface area (Å²) in [6.45, 7) is 4.82. The lowest BCUT2D eigenvalue weighted by Gasteiger charge is -2.16. The maximum atomic E-state index is 5.60. The first-order valence-electron chi connectivity index (χ1n) is 7.60. The van der Waals surface area contributed by atoms with Crippen LogP contribution in [0.1, 0.15) is 36.6 Å². The van der Waals surface area contributed by atoms with E-state index in [1.54, 1.807) is 29.3 Å². The largest absolute Gasteiger partial charge is 0.374 e. The molecule has 3 heterocycles. The molecule has 0 aliphatic heterocycles. The molecule has 0 aromatic carbocycles. The van der Waals surface area contributed by atoms with E-state index in [1.165, 1.54) is 4.88 Å². The molecule has 23 heavy (non-hydrogen) atoms. The smallest absolute Gasteiger partial charge is 0.163 e. The number of nitrogens with zero attached hydrogens (tertiary/aromatic N) is 4. The lowest BCUT2D eigenvalue weighted by atomic mass is 10.2. The van der Waals surface area contributed by atoms with Crippen LogP contribution in [0.25, 0.3) is 11.0 Å². The fourth-order valence-corrected chi connectivity index (χ4v) is 3.20. The summed E-state index contributed by atoms with van der Waals surface area (Å²) in [5, 5.41) is 10.7. The molecule has 3 aromatic heterocycles. The van der Waals surface area contributed by atoms with E-state index in [2.05, 4.69) is 45.7 Å². The molecule has 122 valence electrons. The van der Waals surface area contributed by atoms with E-state index in [-0.39, 0.29) is 12.0 Å². The Morgan fingerprint density at radius 2 is 2.17 bits per heavy atom. The molecule has 0 saturated carbocycles. The van der Waals surface area contributed by atoms with Crippen molar-refractivity contribution in [1.82, 2.24) is 19.7 Å². The maximum absolute atomic E-state index is 5.60. The molecule has 0 bridgehead atoms. The van der Waals surface area contributed by atoms with Crippen LogP contribution in [0, 0.1) is 0 Å². The number of aromatic nitrogens is 4. The Balaban J connectivity index is 1.89. The van der Waals surface area contributed by atoms with Crippen LogP contribution >= 0.6 is 11.3 Å². The first-order chi connectivity index (χ1) is 11.1. The topological polar surface area (TPSA) is 64.9 Å². The fourth-order valence-electron chi connectivity index (χ4n) is 2.40. The molecule has 1 atom stereocenters. The number of hydrogen-bond acceptors (Lipinski definition) is 6. The van der Waals surface area contributed by atoms with E-state index in [1.807, 2.05) is 13.1 Å². The van der Waals surface area contributed by atoms with Crippen LogP contribution in [0.5, 0.6) is 0 Å². The van der Waals surface area contributed by atoms with E-state index in [9.17, 15) is 0 Å². The Kier molecular flexibility index (Phi) is 4.58. The predicted octanol–water partition coefficient (Wildman–Crippen LogP) is 3.35. The van der Waals surface area contributed by atoms with Crippen molar-refractivity contribution in [3.05, 3.63) is 34.4 Å². The number of ether oxygens (including phenoxy) is 1. The summed E-state index contributed by atoms with van der Waals surface area (Å²) >= 11 is 1.69. The molecule has 0 aliphatic carbocycles. The summed E-state index contributed by atoms with van der Waals surface area (Å²) < 4.78 is 7.37. The third-order valence-electron chi connectivity index (χ3n) is 3.73. The van der Waals surface area contributed by atoms with Crippen LogP contribution in [0.15, 0.2) is 23.7 Å². The van der Waals surface area contributed by atoms with Gasteiger partial charge in [0.2, 0.25) is 0 Å². The SMILES string of the molecule is COC(CNc1nc(C(C)C)nc2c1cnn2C)c1cccs1. The average molecular weight is 331 g/mol. The van der Waals surface area contributed by atoms with E-state index in [0.29, 0.717) is 6.54 Å². The Bertz CT molecular complexity index is 781. The van der Waals surface area contributed by atoms with Crippen molar-refractivity contribution >= 4 is 28.2 Å². The molecule has 0 saturated heterocycles. The van der Waals surface area contributed by atoms with E-state index < -0.39 is 0 Å². The van der Waals surface area contributed by atoms with Crippen LogP contribution in [0.3, 0.4) is 0 Å². The molecule has 1 N–H and O–H groups in total. The molecule has 0 fully saturated rings. The summed E-state index contributed by atoms with van der Waals surface area (Å²) in [5.74, 6) is 1.88. The highest BCUT2D eigenvalue weighted by Gasteiger charge is 2.16. The number of hydrogen-bond donors (Lipinski definition) is 1. The number of nitrogens with one attached hydrogen (secondary N) is 1. The Hall–Kier alpha value is -1.99. The molecule has 3 rings (SSSR count). The van der Waals surface area contributed by atoms with E-state index in [4.69, 9.17) is 4.74 Å². The summed E-state index contributed by atoms with van der Waals surface area (Å²) in [5.41, 5.74) is 0.844. The van der Waals surface area contributed by atoms with Gasteiger partial charge in [0.25, 0.3) is 0 Å². The minimum absolute atomic E-state index is 0.000753. The summed E-state index contributed by atoms with van der Waals surface area (Å²) in [7, 11) is 3.62. The number of thiophene rings is 1. The zero-order chi connectivity index (χ0) is 16.4. The number of aryl methyl sites for hydroxylation is 1. The van der Waals surface area contributed by atoms with Crippen molar-refractivity contribution in [1.29, 1.82) is 0 Å². The van der Waals surface area contributed by atoms with Gasteiger partial charge in [-0.15, -0.1) is 11.3 Å². The van der Waals surface area contributed by atoms with Crippen LogP contribution in [-0.2, 0) is 11.8 Å². The molecule has 0 radical (unpaired) electrons. The highest BCUT2D eigenvalue weighted by atomic mass is 32.1.